The van der Waals surface area contributed by atoms with Crippen molar-refractivity contribution in [1.29, 1.82) is 0 Å². The molecule has 0 radical (unpaired) electrons. The van der Waals surface area contributed by atoms with Crippen molar-refractivity contribution in [3.63, 3.8) is 0 Å². The van der Waals surface area contributed by atoms with E-state index >= 15 is 0 Å². The molecule has 1 aliphatic heterocycles. The summed E-state index contributed by atoms with van der Waals surface area (Å²) in [6, 6.07) is 7.84. The lowest BCUT2D eigenvalue weighted by molar-refractivity contribution is -0.137. The maximum absolute atomic E-state index is 12.6. The normalized spacial score (nSPS) is 17.9. The van der Waals surface area contributed by atoms with E-state index in [1.165, 1.54) is 24.3 Å². The van der Waals surface area contributed by atoms with Gasteiger partial charge in [0.1, 0.15) is 4.90 Å². The molecule has 2 amide bonds. The SMILES string of the molecule is O=C(NCc1ccc(C(F)(F)F)cc1)c1ccc2c(c1)S(=O)(=O)N(C1CC1)C2=O. The fraction of sp³-hybridized carbons (Fsp3) is 0.263. The largest absolute Gasteiger partial charge is 0.416 e. The minimum atomic E-state index is -4.44. The van der Waals surface area contributed by atoms with Crippen LogP contribution in [0.5, 0.6) is 0 Å². The van der Waals surface area contributed by atoms with Crippen LogP contribution < -0.4 is 5.32 Å². The van der Waals surface area contributed by atoms with Gasteiger partial charge >= 0.3 is 6.18 Å². The molecule has 0 aromatic heterocycles. The molecule has 1 N–H and O–H groups in total. The van der Waals surface area contributed by atoms with Gasteiger partial charge in [-0.1, -0.05) is 12.1 Å². The van der Waals surface area contributed by atoms with Crippen LogP contribution in [0.15, 0.2) is 47.4 Å². The van der Waals surface area contributed by atoms with E-state index in [2.05, 4.69) is 5.32 Å². The van der Waals surface area contributed by atoms with Crippen LogP contribution in [-0.4, -0.2) is 30.6 Å². The van der Waals surface area contributed by atoms with Crippen molar-refractivity contribution in [2.24, 2.45) is 0 Å². The van der Waals surface area contributed by atoms with Crippen LogP contribution in [0.2, 0.25) is 0 Å². The number of nitrogens with one attached hydrogen (secondary N) is 1. The summed E-state index contributed by atoms with van der Waals surface area (Å²) in [4.78, 5) is 24.5. The van der Waals surface area contributed by atoms with Gasteiger partial charge < -0.3 is 5.32 Å². The van der Waals surface area contributed by atoms with Gasteiger partial charge in [0, 0.05) is 18.2 Å². The Balaban J connectivity index is 1.50. The molecule has 2 aliphatic rings. The van der Waals surface area contributed by atoms with Gasteiger partial charge in [0.05, 0.1) is 11.1 Å². The number of carbonyl (C=O) groups is 2. The summed E-state index contributed by atoms with van der Waals surface area (Å²) in [5, 5.41) is 2.54. The lowest BCUT2D eigenvalue weighted by Gasteiger charge is -2.13. The zero-order valence-corrected chi connectivity index (χ0v) is 15.7. The first-order valence-corrected chi connectivity index (χ1v) is 10.2. The lowest BCUT2D eigenvalue weighted by atomic mass is 10.1. The molecule has 2 aromatic carbocycles. The maximum Gasteiger partial charge on any atom is 0.416 e. The lowest BCUT2D eigenvalue weighted by Crippen LogP contribution is -2.32. The Kier molecular flexibility index (Phi) is 4.41. The second-order valence-electron chi connectivity index (χ2n) is 6.93. The highest BCUT2D eigenvalue weighted by atomic mass is 32.2. The van der Waals surface area contributed by atoms with Crippen LogP contribution in [0, 0.1) is 0 Å². The van der Waals surface area contributed by atoms with Crippen molar-refractivity contribution in [3.8, 4) is 0 Å². The van der Waals surface area contributed by atoms with E-state index < -0.39 is 33.6 Å². The zero-order valence-electron chi connectivity index (χ0n) is 14.9. The molecule has 4 rings (SSSR count). The highest BCUT2D eigenvalue weighted by Crippen LogP contribution is 2.39. The van der Waals surface area contributed by atoms with Crippen LogP contribution in [0.1, 0.15) is 44.7 Å². The van der Waals surface area contributed by atoms with Gasteiger partial charge in [0.2, 0.25) is 0 Å². The van der Waals surface area contributed by atoms with Gasteiger partial charge in [-0.05, 0) is 48.7 Å². The quantitative estimate of drug-likeness (QED) is 0.818. The average Bonchev–Trinajstić information content (AvgIpc) is 3.47. The Morgan fingerprint density at radius 3 is 2.34 bits per heavy atom. The molecule has 10 heteroatoms. The Morgan fingerprint density at radius 1 is 1.10 bits per heavy atom. The highest BCUT2D eigenvalue weighted by Gasteiger charge is 2.48. The van der Waals surface area contributed by atoms with Crippen LogP contribution in [0.3, 0.4) is 0 Å². The Hall–Kier alpha value is -2.88. The number of nitrogens with zero attached hydrogens (tertiary/aromatic N) is 1. The summed E-state index contributed by atoms with van der Waals surface area (Å²) in [7, 11) is -3.98. The van der Waals surface area contributed by atoms with Gasteiger partial charge in [-0.15, -0.1) is 0 Å². The minimum absolute atomic E-state index is 0.0338. The summed E-state index contributed by atoms with van der Waals surface area (Å²) < 4.78 is 63.9. The Labute approximate surface area is 164 Å². The maximum atomic E-state index is 12.6. The van der Waals surface area contributed by atoms with Gasteiger partial charge in [0.15, 0.2) is 0 Å². The standard InChI is InChI=1S/C19H15F3N2O4S/c20-19(21,22)13-4-1-11(2-5-13)10-23-17(25)12-3-8-15-16(9-12)29(27,28)24(18(15)26)14-6-7-14/h1-5,8-9,14H,6-7,10H2,(H,23,25). The van der Waals surface area contributed by atoms with Gasteiger partial charge in [0.25, 0.3) is 21.8 Å². The zero-order chi connectivity index (χ0) is 21.0. The van der Waals surface area contributed by atoms with Crippen molar-refractivity contribution in [2.45, 2.75) is 36.5 Å². The van der Waals surface area contributed by atoms with E-state index in [-0.39, 0.29) is 28.6 Å². The van der Waals surface area contributed by atoms with E-state index in [4.69, 9.17) is 0 Å². The van der Waals surface area contributed by atoms with Gasteiger partial charge in [-0.2, -0.15) is 13.2 Å². The predicted octanol–water partition coefficient (Wildman–Crippen LogP) is 2.94. The van der Waals surface area contributed by atoms with Crippen LogP contribution in [0.25, 0.3) is 0 Å². The average molecular weight is 424 g/mol. The molecule has 1 heterocycles. The topological polar surface area (TPSA) is 83.6 Å². The van der Waals surface area contributed by atoms with Crippen molar-refractivity contribution >= 4 is 21.8 Å². The fourth-order valence-electron chi connectivity index (χ4n) is 3.15. The van der Waals surface area contributed by atoms with Crippen LogP contribution in [0.4, 0.5) is 13.2 Å². The Bertz CT molecular complexity index is 1110. The summed E-state index contributed by atoms with van der Waals surface area (Å²) in [5.41, 5.74) is -0.252. The van der Waals surface area contributed by atoms with E-state index in [1.807, 2.05) is 0 Å². The smallest absolute Gasteiger partial charge is 0.348 e. The number of alkyl halides is 3. The third-order valence-corrected chi connectivity index (χ3v) is 6.70. The monoisotopic (exact) mass is 424 g/mol. The number of benzene rings is 2. The highest BCUT2D eigenvalue weighted by molar-refractivity contribution is 7.90. The number of rotatable bonds is 4. The molecule has 6 nitrogen and oxygen atoms in total. The number of hydrogen-bond acceptors (Lipinski definition) is 4. The third-order valence-electron chi connectivity index (χ3n) is 4.82. The second-order valence-corrected chi connectivity index (χ2v) is 8.71. The second kappa shape index (κ2) is 6.58. The molecule has 152 valence electrons. The molecule has 29 heavy (non-hydrogen) atoms. The molecule has 0 atom stereocenters. The summed E-state index contributed by atoms with van der Waals surface area (Å²) in [6.07, 6.45) is -3.19. The number of hydrogen-bond donors (Lipinski definition) is 1. The van der Waals surface area contributed by atoms with E-state index in [0.717, 1.165) is 22.5 Å². The molecule has 0 saturated heterocycles. The molecule has 1 aliphatic carbocycles. The van der Waals surface area contributed by atoms with Crippen LogP contribution >= 0.6 is 0 Å². The van der Waals surface area contributed by atoms with Crippen molar-refractivity contribution in [2.75, 3.05) is 0 Å². The molecule has 0 bridgehead atoms. The first kappa shape index (κ1) is 19.4. The summed E-state index contributed by atoms with van der Waals surface area (Å²) in [5.74, 6) is -1.18. The molecular formula is C19H15F3N2O4S. The molecule has 0 unspecified atom stereocenters. The predicted molar refractivity (Wildman–Crippen MR) is 95.4 cm³/mol. The van der Waals surface area contributed by atoms with E-state index in [9.17, 15) is 31.2 Å². The Morgan fingerprint density at radius 2 is 1.76 bits per heavy atom. The molecular weight excluding hydrogens is 409 g/mol. The van der Waals surface area contributed by atoms with Crippen LogP contribution in [-0.2, 0) is 22.7 Å². The molecule has 0 spiro atoms. The molecule has 2 aromatic rings. The minimum Gasteiger partial charge on any atom is -0.348 e. The number of fused-ring (bicyclic) bond motifs is 1. The molecule has 1 fully saturated rings. The first-order chi connectivity index (χ1) is 13.6. The third kappa shape index (κ3) is 3.48. The van der Waals surface area contributed by atoms with Crippen molar-refractivity contribution in [3.05, 3.63) is 64.7 Å². The first-order valence-electron chi connectivity index (χ1n) is 8.76. The van der Waals surface area contributed by atoms with E-state index in [0.29, 0.717) is 18.4 Å². The summed E-state index contributed by atoms with van der Waals surface area (Å²) in [6.45, 7) is -0.0338. The fourth-order valence-corrected chi connectivity index (χ4v) is 5.00. The number of amides is 2. The van der Waals surface area contributed by atoms with Crippen molar-refractivity contribution < 1.29 is 31.2 Å². The number of halogens is 3. The number of sulfonamides is 1. The summed E-state index contributed by atoms with van der Waals surface area (Å²) >= 11 is 0. The van der Waals surface area contributed by atoms with Crippen molar-refractivity contribution in [1.82, 2.24) is 9.62 Å². The van der Waals surface area contributed by atoms with Gasteiger partial charge in [-0.3, -0.25) is 9.59 Å². The van der Waals surface area contributed by atoms with Gasteiger partial charge in [-0.25, -0.2) is 12.7 Å². The molecule has 1 saturated carbocycles. The van der Waals surface area contributed by atoms with E-state index in [1.54, 1.807) is 0 Å². The number of carbonyl (C=O) groups excluding carboxylic acids is 2.